The Morgan fingerprint density at radius 1 is 1.03 bits per heavy atom. The van der Waals surface area contributed by atoms with Crippen LogP contribution in [-0.4, -0.2) is 51.3 Å². The van der Waals surface area contributed by atoms with Crippen molar-refractivity contribution in [3.05, 3.63) is 29.2 Å². The maximum absolute atomic E-state index is 12.3. The predicted molar refractivity (Wildman–Crippen MR) is 112 cm³/mol. The number of ether oxygens (including phenoxy) is 2. The second kappa shape index (κ2) is 10.8. The van der Waals surface area contributed by atoms with Gasteiger partial charge in [-0.15, -0.1) is 0 Å². The number of hydrogen-bond acceptors (Lipinski definition) is 8. The third-order valence-corrected chi connectivity index (χ3v) is 4.80. The van der Waals surface area contributed by atoms with E-state index in [9.17, 15) is 19.2 Å². The van der Waals surface area contributed by atoms with E-state index in [1.807, 2.05) is 13.8 Å². The molecule has 0 bridgehead atoms. The topological polar surface area (TPSA) is 117 Å². The van der Waals surface area contributed by atoms with E-state index in [4.69, 9.17) is 4.74 Å². The minimum Gasteiger partial charge on any atom is -0.461 e. The first-order valence-electron chi connectivity index (χ1n) is 10.5. The maximum atomic E-state index is 12.3. The van der Waals surface area contributed by atoms with Gasteiger partial charge in [-0.1, -0.05) is 20.8 Å². The number of rotatable bonds is 11. The third-order valence-electron chi connectivity index (χ3n) is 4.80. The summed E-state index contributed by atoms with van der Waals surface area (Å²) >= 11 is 0. The molecule has 2 aromatic heterocycles. The van der Waals surface area contributed by atoms with Crippen molar-refractivity contribution in [1.82, 2.24) is 14.6 Å². The monoisotopic (exact) mass is 431 g/mol. The summed E-state index contributed by atoms with van der Waals surface area (Å²) in [5.74, 6) is -2.93. The molecule has 0 saturated heterocycles. The normalized spacial score (nSPS) is 12.1. The van der Waals surface area contributed by atoms with Gasteiger partial charge in [0.05, 0.1) is 25.3 Å². The van der Waals surface area contributed by atoms with Gasteiger partial charge in [-0.25, -0.2) is 19.1 Å². The Hall–Kier alpha value is -3.10. The first-order chi connectivity index (χ1) is 14.7. The highest BCUT2D eigenvalue weighted by Crippen LogP contribution is 2.20. The van der Waals surface area contributed by atoms with Crippen molar-refractivity contribution >= 4 is 29.2 Å². The number of nitrogens with zero attached hydrogens (tertiary/aromatic N) is 3. The number of aryl methyl sites for hydroxylation is 1. The summed E-state index contributed by atoms with van der Waals surface area (Å²) in [6, 6.07) is 3.45. The summed E-state index contributed by atoms with van der Waals surface area (Å²) < 4.78 is 11.4. The molecular formula is C22H29N3O6. The molecular weight excluding hydrogens is 402 g/mol. The number of carbonyl (C=O) groups is 4. The molecule has 1 unspecified atom stereocenters. The molecule has 0 aliphatic carbocycles. The standard InChI is InChI=1S/C22H29N3O6/c1-6-30-21(28)16-11-17(13(3)4)25-20(23-16)10-15(24-25)9-8-14(5)18(26)12-19(27)22(29)31-7-2/h10-11,13-14H,6-9,12H2,1-5H3. The van der Waals surface area contributed by atoms with Gasteiger partial charge in [0.2, 0.25) is 5.78 Å². The molecule has 168 valence electrons. The fourth-order valence-electron chi connectivity index (χ4n) is 3.03. The Bertz CT molecular complexity index is 979. The maximum Gasteiger partial charge on any atom is 0.375 e. The molecule has 0 radical (unpaired) electrons. The van der Waals surface area contributed by atoms with Crippen LogP contribution in [0.3, 0.4) is 0 Å². The minimum absolute atomic E-state index is 0.0898. The molecule has 9 nitrogen and oxygen atoms in total. The van der Waals surface area contributed by atoms with Crippen LogP contribution in [-0.2, 0) is 30.3 Å². The second-order valence-electron chi connectivity index (χ2n) is 7.57. The Morgan fingerprint density at radius 3 is 2.32 bits per heavy atom. The lowest BCUT2D eigenvalue weighted by Gasteiger charge is -2.10. The highest BCUT2D eigenvalue weighted by Gasteiger charge is 2.23. The number of fused-ring (bicyclic) bond motifs is 1. The van der Waals surface area contributed by atoms with E-state index in [0.29, 0.717) is 24.2 Å². The Morgan fingerprint density at radius 2 is 1.71 bits per heavy atom. The lowest BCUT2D eigenvalue weighted by molar-refractivity contribution is -0.154. The average Bonchev–Trinajstić information content (AvgIpc) is 3.14. The zero-order valence-corrected chi connectivity index (χ0v) is 18.6. The average molecular weight is 431 g/mol. The van der Waals surface area contributed by atoms with Gasteiger partial charge in [-0.05, 0) is 38.7 Å². The van der Waals surface area contributed by atoms with Crippen LogP contribution in [0, 0.1) is 5.92 Å². The van der Waals surface area contributed by atoms with Crippen LogP contribution in [0.25, 0.3) is 5.65 Å². The van der Waals surface area contributed by atoms with Crippen molar-refractivity contribution in [1.29, 1.82) is 0 Å². The van der Waals surface area contributed by atoms with Crippen molar-refractivity contribution in [3.8, 4) is 0 Å². The van der Waals surface area contributed by atoms with E-state index in [0.717, 1.165) is 5.69 Å². The number of esters is 2. The SMILES string of the molecule is CCOC(=O)C(=O)CC(=O)C(C)CCc1cc2nc(C(=O)OCC)cc(C(C)C)n2n1. The quantitative estimate of drug-likeness (QED) is 0.303. The van der Waals surface area contributed by atoms with Gasteiger partial charge in [0.1, 0.15) is 5.78 Å². The molecule has 0 aliphatic heterocycles. The van der Waals surface area contributed by atoms with Gasteiger partial charge in [-0.3, -0.25) is 9.59 Å². The Kier molecular flexibility index (Phi) is 8.41. The fraction of sp³-hybridized carbons (Fsp3) is 0.545. The van der Waals surface area contributed by atoms with Gasteiger partial charge < -0.3 is 9.47 Å². The van der Waals surface area contributed by atoms with E-state index < -0.39 is 30.1 Å². The zero-order chi connectivity index (χ0) is 23.1. The molecule has 0 N–H and O–H groups in total. The number of hydrogen-bond donors (Lipinski definition) is 0. The van der Waals surface area contributed by atoms with E-state index in [-0.39, 0.29) is 30.6 Å². The molecule has 0 fully saturated rings. The molecule has 31 heavy (non-hydrogen) atoms. The molecule has 9 heteroatoms. The summed E-state index contributed by atoms with van der Waals surface area (Å²) in [4.78, 5) is 51.9. The molecule has 2 rings (SSSR count). The Balaban J connectivity index is 2.12. The number of aromatic nitrogens is 3. The lowest BCUT2D eigenvalue weighted by Crippen LogP contribution is -2.23. The van der Waals surface area contributed by atoms with Gasteiger partial charge in [-0.2, -0.15) is 5.10 Å². The minimum atomic E-state index is -0.979. The molecule has 1 atom stereocenters. The molecule has 0 amide bonds. The molecule has 2 aromatic rings. The summed E-state index contributed by atoms with van der Waals surface area (Å²) in [5, 5.41) is 4.57. The van der Waals surface area contributed by atoms with Crippen LogP contribution in [0.15, 0.2) is 12.1 Å². The molecule has 0 spiro atoms. The number of carbonyl (C=O) groups excluding carboxylic acids is 4. The largest absolute Gasteiger partial charge is 0.461 e. The molecule has 0 saturated carbocycles. The second-order valence-corrected chi connectivity index (χ2v) is 7.57. The number of ketones is 2. The van der Waals surface area contributed by atoms with Gasteiger partial charge in [0.15, 0.2) is 11.3 Å². The summed E-state index contributed by atoms with van der Waals surface area (Å²) in [6.07, 6.45) is 0.476. The van der Waals surface area contributed by atoms with Gasteiger partial charge >= 0.3 is 11.9 Å². The van der Waals surface area contributed by atoms with Crippen LogP contribution < -0.4 is 0 Å². The van der Waals surface area contributed by atoms with E-state index in [1.54, 1.807) is 37.4 Å². The van der Waals surface area contributed by atoms with E-state index >= 15 is 0 Å². The van der Waals surface area contributed by atoms with Crippen LogP contribution in [0.1, 0.15) is 75.3 Å². The van der Waals surface area contributed by atoms with Crippen LogP contribution in [0.5, 0.6) is 0 Å². The smallest absolute Gasteiger partial charge is 0.375 e. The highest BCUT2D eigenvalue weighted by atomic mass is 16.5. The molecule has 2 heterocycles. The van der Waals surface area contributed by atoms with Crippen molar-refractivity contribution in [2.75, 3.05) is 13.2 Å². The van der Waals surface area contributed by atoms with Crippen molar-refractivity contribution in [2.24, 2.45) is 5.92 Å². The summed E-state index contributed by atoms with van der Waals surface area (Å²) in [6.45, 7) is 9.38. The fourth-order valence-corrected chi connectivity index (χ4v) is 3.03. The molecule has 0 aromatic carbocycles. The Labute approximate surface area is 181 Å². The van der Waals surface area contributed by atoms with Crippen molar-refractivity contribution in [3.63, 3.8) is 0 Å². The van der Waals surface area contributed by atoms with Crippen LogP contribution in [0.2, 0.25) is 0 Å². The van der Waals surface area contributed by atoms with E-state index in [1.165, 1.54) is 0 Å². The zero-order valence-electron chi connectivity index (χ0n) is 18.6. The summed E-state index contributed by atoms with van der Waals surface area (Å²) in [5.41, 5.74) is 2.29. The van der Waals surface area contributed by atoms with Gasteiger partial charge in [0, 0.05) is 17.7 Å². The third kappa shape index (κ3) is 6.19. The van der Waals surface area contributed by atoms with E-state index in [2.05, 4.69) is 14.8 Å². The highest BCUT2D eigenvalue weighted by molar-refractivity contribution is 6.37. The molecule has 0 aliphatic rings. The van der Waals surface area contributed by atoms with Crippen LogP contribution in [0.4, 0.5) is 0 Å². The lowest BCUT2D eigenvalue weighted by atomic mass is 9.96. The van der Waals surface area contributed by atoms with Crippen molar-refractivity contribution < 1.29 is 28.7 Å². The first-order valence-corrected chi connectivity index (χ1v) is 10.5. The predicted octanol–water partition coefficient (Wildman–Crippen LogP) is 2.69. The first kappa shape index (κ1) is 24.2. The summed E-state index contributed by atoms with van der Waals surface area (Å²) in [7, 11) is 0. The number of Topliss-reactive ketones (excluding diaryl/α,β-unsaturated/α-hetero) is 2. The van der Waals surface area contributed by atoms with Crippen LogP contribution >= 0.6 is 0 Å². The van der Waals surface area contributed by atoms with Crippen molar-refractivity contribution in [2.45, 2.75) is 59.8 Å². The van der Waals surface area contributed by atoms with Gasteiger partial charge in [0.25, 0.3) is 0 Å².